The molecule has 0 saturated carbocycles. The van der Waals surface area contributed by atoms with E-state index in [4.69, 9.17) is 9.47 Å². The highest BCUT2D eigenvalue weighted by Crippen LogP contribution is 2.24. The summed E-state index contributed by atoms with van der Waals surface area (Å²) in [6.07, 6.45) is 0.922. The molecule has 3 amide bonds. The summed E-state index contributed by atoms with van der Waals surface area (Å²) >= 11 is 0. The third-order valence-electron chi connectivity index (χ3n) is 6.09. The standard InChI is InChI=1S/C28H38N4O5/c1-19(20-10-7-6-8-11-20)23-16-21(17-24(31-23)26(34)29-5)25(33)30-13-9-12-22-18-32(14-15-36-22)27(35)37-28(2,3)4/h6-8,10-11,16-17,19,22H,9,12-15,18H2,1-5H3,(H,29,34)(H,30,33)/t19-,22+/m1/s1. The zero-order chi connectivity index (χ0) is 27.0. The van der Waals surface area contributed by atoms with Gasteiger partial charge in [-0.3, -0.25) is 9.59 Å². The number of carbonyl (C=O) groups excluding carboxylic acids is 3. The Morgan fingerprint density at radius 3 is 2.57 bits per heavy atom. The van der Waals surface area contributed by atoms with Crippen molar-refractivity contribution in [1.29, 1.82) is 0 Å². The van der Waals surface area contributed by atoms with Crippen LogP contribution < -0.4 is 10.6 Å². The van der Waals surface area contributed by atoms with Crippen molar-refractivity contribution in [1.82, 2.24) is 20.5 Å². The van der Waals surface area contributed by atoms with Crippen molar-refractivity contribution in [3.63, 3.8) is 0 Å². The van der Waals surface area contributed by atoms with E-state index in [2.05, 4.69) is 15.6 Å². The normalized spacial score (nSPS) is 16.6. The maximum absolute atomic E-state index is 13.0. The molecular weight excluding hydrogens is 472 g/mol. The Hall–Kier alpha value is -3.46. The molecule has 37 heavy (non-hydrogen) atoms. The Morgan fingerprint density at radius 2 is 1.89 bits per heavy atom. The molecule has 2 N–H and O–H groups in total. The van der Waals surface area contributed by atoms with Gasteiger partial charge >= 0.3 is 6.09 Å². The van der Waals surface area contributed by atoms with E-state index in [1.54, 1.807) is 11.0 Å². The molecule has 0 spiro atoms. The van der Waals surface area contributed by atoms with Crippen LogP contribution in [0.3, 0.4) is 0 Å². The molecule has 2 atom stereocenters. The number of morpholine rings is 1. The van der Waals surface area contributed by atoms with Crippen molar-refractivity contribution in [2.45, 2.75) is 58.2 Å². The molecule has 9 heteroatoms. The van der Waals surface area contributed by atoms with Crippen molar-refractivity contribution in [2.24, 2.45) is 0 Å². The highest BCUT2D eigenvalue weighted by Gasteiger charge is 2.28. The van der Waals surface area contributed by atoms with E-state index >= 15 is 0 Å². The molecule has 1 aromatic carbocycles. The molecule has 1 saturated heterocycles. The Labute approximate surface area is 218 Å². The Morgan fingerprint density at radius 1 is 1.16 bits per heavy atom. The molecule has 2 aromatic rings. The third-order valence-corrected chi connectivity index (χ3v) is 6.09. The summed E-state index contributed by atoms with van der Waals surface area (Å²) in [4.78, 5) is 43.8. The predicted octanol–water partition coefficient (Wildman–Crippen LogP) is 3.74. The first-order valence-electron chi connectivity index (χ1n) is 12.7. The summed E-state index contributed by atoms with van der Waals surface area (Å²) in [5.41, 5.74) is 1.74. The average molecular weight is 511 g/mol. The second kappa shape index (κ2) is 12.7. The van der Waals surface area contributed by atoms with Gasteiger partial charge in [-0.1, -0.05) is 37.3 Å². The maximum atomic E-state index is 13.0. The van der Waals surface area contributed by atoms with Crippen molar-refractivity contribution < 1.29 is 23.9 Å². The van der Waals surface area contributed by atoms with Gasteiger partial charge in [0.05, 0.1) is 19.3 Å². The Bertz CT molecular complexity index is 1080. The van der Waals surface area contributed by atoms with E-state index in [1.807, 2.05) is 58.0 Å². The number of amides is 3. The zero-order valence-electron chi connectivity index (χ0n) is 22.4. The molecule has 0 bridgehead atoms. The smallest absolute Gasteiger partial charge is 0.410 e. The van der Waals surface area contributed by atoms with E-state index in [0.29, 0.717) is 50.3 Å². The number of nitrogens with one attached hydrogen (secondary N) is 2. The lowest BCUT2D eigenvalue weighted by Crippen LogP contribution is -2.47. The van der Waals surface area contributed by atoms with Gasteiger partial charge in [0.1, 0.15) is 11.3 Å². The van der Waals surface area contributed by atoms with Crippen LogP contribution in [0.4, 0.5) is 4.79 Å². The lowest BCUT2D eigenvalue weighted by atomic mass is 9.96. The van der Waals surface area contributed by atoms with Crippen LogP contribution in [0.2, 0.25) is 0 Å². The summed E-state index contributed by atoms with van der Waals surface area (Å²) in [7, 11) is 1.54. The summed E-state index contributed by atoms with van der Waals surface area (Å²) < 4.78 is 11.3. The Kier molecular flexibility index (Phi) is 9.63. The number of nitrogens with zero attached hydrogens (tertiary/aromatic N) is 2. The lowest BCUT2D eigenvalue weighted by Gasteiger charge is -2.34. The van der Waals surface area contributed by atoms with Gasteiger partial charge in [0.15, 0.2) is 0 Å². The van der Waals surface area contributed by atoms with Gasteiger partial charge in [0.25, 0.3) is 11.8 Å². The van der Waals surface area contributed by atoms with Gasteiger partial charge in [-0.05, 0) is 51.3 Å². The van der Waals surface area contributed by atoms with Crippen molar-refractivity contribution in [2.75, 3.05) is 33.3 Å². The summed E-state index contributed by atoms with van der Waals surface area (Å²) in [6.45, 7) is 9.39. The molecule has 9 nitrogen and oxygen atoms in total. The molecule has 1 aliphatic rings. The van der Waals surface area contributed by atoms with Gasteiger partial charge in [0, 0.05) is 37.3 Å². The molecule has 1 aliphatic heterocycles. The molecule has 0 radical (unpaired) electrons. The molecule has 0 unspecified atom stereocenters. The number of hydrogen-bond donors (Lipinski definition) is 2. The topological polar surface area (TPSA) is 110 Å². The minimum absolute atomic E-state index is 0.0891. The van der Waals surface area contributed by atoms with Crippen molar-refractivity contribution in [3.05, 3.63) is 65.0 Å². The summed E-state index contributed by atoms with van der Waals surface area (Å²) in [6, 6.07) is 13.1. The van der Waals surface area contributed by atoms with Crippen molar-refractivity contribution >= 4 is 17.9 Å². The van der Waals surface area contributed by atoms with E-state index in [0.717, 1.165) is 5.56 Å². The SMILES string of the molecule is CNC(=O)c1cc(C(=O)NCCC[C@H]2CN(C(=O)OC(C)(C)C)CCO2)cc([C@H](C)c2ccccc2)n1. The van der Waals surface area contributed by atoms with E-state index in [9.17, 15) is 14.4 Å². The predicted molar refractivity (Wildman–Crippen MR) is 141 cm³/mol. The van der Waals surface area contributed by atoms with E-state index in [1.165, 1.54) is 13.1 Å². The molecule has 0 aliphatic carbocycles. The number of benzene rings is 1. The van der Waals surface area contributed by atoms with Gasteiger partial charge in [-0.2, -0.15) is 0 Å². The second-order valence-corrected chi connectivity index (χ2v) is 10.2. The van der Waals surface area contributed by atoms with Crippen LogP contribution in [-0.2, 0) is 9.47 Å². The van der Waals surface area contributed by atoms with Crippen LogP contribution >= 0.6 is 0 Å². The molecular formula is C28H38N4O5. The van der Waals surface area contributed by atoms with Gasteiger partial charge in [0.2, 0.25) is 0 Å². The fourth-order valence-electron chi connectivity index (χ4n) is 4.08. The number of hydrogen-bond acceptors (Lipinski definition) is 6. The van der Waals surface area contributed by atoms with E-state index < -0.39 is 5.60 Å². The number of ether oxygens (including phenoxy) is 2. The fraction of sp³-hybridized carbons (Fsp3) is 0.500. The summed E-state index contributed by atoms with van der Waals surface area (Å²) in [5, 5.41) is 5.52. The first-order chi connectivity index (χ1) is 17.6. The van der Waals surface area contributed by atoms with E-state index in [-0.39, 0.29) is 35.6 Å². The monoisotopic (exact) mass is 510 g/mol. The third kappa shape index (κ3) is 8.28. The molecule has 3 rings (SSSR count). The first-order valence-corrected chi connectivity index (χ1v) is 12.7. The zero-order valence-corrected chi connectivity index (χ0v) is 22.4. The van der Waals surface area contributed by atoms with Crippen molar-refractivity contribution in [3.8, 4) is 0 Å². The maximum Gasteiger partial charge on any atom is 0.410 e. The highest BCUT2D eigenvalue weighted by atomic mass is 16.6. The fourth-order valence-corrected chi connectivity index (χ4v) is 4.08. The second-order valence-electron chi connectivity index (χ2n) is 10.2. The van der Waals surface area contributed by atoms with Crippen LogP contribution in [0.25, 0.3) is 0 Å². The number of pyridine rings is 1. The lowest BCUT2D eigenvalue weighted by molar-refractivity contribution is -0.0449. The molecule has 1 fully saturated rings. The van der Waals surface area contributed by atoms with Gasteiger partial charge in [-0.25, -0.2) is 9.78 Å². The van der Waals surface area contributed by atoms with Crippen LogP contribution in [0.1, 0.15) is 78.6 Å². The van der Waals surface area contributed by atoms with Gasteiger partial charge < -0.3 is 25.0 Å². The number of rotatable bonds is 8. The van der Waals surface area contributed by atoms with Gasteiger partial charge in [-0.15, -0.1) is 0 Å². The van der Waals surface area contributed by atoms with Crippen LogP contribution in [0.15, 0.2) is 42.5 Å². The minimum atomic E-state index is -0.543. The summed E-state index contributed by atoms with van der Waals surface area (Å²) in [5.74, 6) is -0.706. The van der Waals surface area contributed by atoms with Crippen LogP contribution in [-0.4, -0.2) is 72.8 Å². The first kappa shape index (κ1) is 28.1. The largest absolute Gasteiger partial charge is 0.444 e. The quantitative estimate of drug-likeness (QED) is 0.524. The Balaban J connectivity index is 1.58. The molecule has 1 aromatic heterocycles. The van der Waals surface area contributed by atoms with Crippen LogP contribution in [0, 0.1) is 0 Å². The number of aromatic nitrogens is 1. The minimum Gasteiger partial charge on any atom is -0.444 e. The molecule has 2 heterocycles. The highest BCUT2D eigenvalue weighted by molar-refractivity contribution is 5.98. The van der Waals surface area contributed by atoms with Crippen LogP contribution in [0.5, 0.6) is 0 Å². The molecule has 200 valence electrons. The average Bonchev–Trinajstić information content (AvgIpc) is 2.89. The number of carbonyl (C=O) groups is 3.